The van der Waals surface area contributed by atoms with Gasteiger partial charge in [-0.1, -0.05) is 0 Å². The number of H-pyrrole nitrogens is 1. The molecular formula is C13H17N5O. The van der Waals surface area contributed by atoms with Gasteiger partial charge in [-0.15, -0.1) is 0 Å². The fourth-order valence-electron chi connectivity index (χ4n) is 3.24. The first-order chi connectivity index (χ1) is 9.26. The normalized spacial score (nSPS) is 25.7. The highest BCUT2D eigenvalue weighted by molar-refractivity contribution is 5.86. The summed E-state index contributed by atoms with van der Waals surface area (Å²) in [4.78, 5) is 11.0. The van der Waals surface area contributed by atoms with E-state index in [1.807, 2.05) is 0 Å². The van der Waals surface area contributed by atoms with E-state index in [9.17, 15) is 0 Å². The number of hydrogen-bond acceptors (Lipinski definition) is 5. The number of ether oxygens (including phenoxy) is 1. The van der Waals surface area contributed by atoms with Crippen molar-refractivity contribution < 1.29 is 4.74 Å². The van der Waals surface area contributed by atoms with Crippen molar-refractivity contribution in [1.82, 2.24) is 20.2 Å². The maximum atomic E-state index is 6.15. The number of rotatable bonds is 1. The molecule has 6 nitrogen and oxygen atoms in total. The molecule has 1 saturated heterocycles. The summed E-state index contributed by atoms with van der Waals surface area (Å²) >= 11 is 0. The molecule has 100 valence electrons. The highest BCUT2D eigenvalue weighted by Gasteiger charge is 2.44. The molecule has 4 rings (SSSR count). The zero-order valence-electron chi connectivity index (χ0n) is 11.0. The molecular weight excluding hydrogens is 242 g/mol. The van der Waals surface area contributed by atoms with Crippen LogP contribution >= 0.6 is 0 Å². The van der Waals surface area contributed by atoms with Gasteiger partial charge in [-0.3, -0.25) is 5.10 Å². The van der Waals surface area contributed by atoms with Crippen LogP contribution in [0.4, 0.5) is 5.82 Å². The van der Waals surface area contributed by atoms with E-state index in [2.05, 4.69) is 32.0 Å². The van der Waals surface area contributed by atoms with E-state index in [-0.39, 0.29) is 11.7 Å². The van der Waals surface area contributed by atoms with Crippen molar-refractivity contribution in [3.8, 4) is 0 Å². The summed E-state index contributed by atoms with van der Waals surface area (Å²) in [5.74, 6) is 0.972. The minimum Gasteiger partial charge on any atom is -0.368 e. The highest BCUT2D eigenvalue weighted by atomic mass is 16.5. The van der Waals surface area contributed by atoms with Gasteiger partial charge in [-0.25, -0.2) is 9.97 Å². The number of nitrogens with one attached hydrogen (secondary N) is 1. The van der Waals surface area contributed by atoms with Crippen molar-refractivity contribution in [2.75, 3.05) is 18.0 Å². The zero-order valence-corrected chi connectivity index (χ0v) is 11.0. The van der Waals surface area contributed by atoms with Crippen LogP contribution in [0.15, 0.2) is 12.5 Å². The molecule has 3 heterocycles. The summed E-state index contributed by atoms with van der Waals surface area (Å²) in [6.45, 7) is 3.94. The molecule has 0 aromatic carbocycles. The SMILES string of the molecule is C[C@H]1CN(c2ncnc3[nH]ncc23)CC2(CCC2)O1. The molecule has 1 N–H and O–H groups in total. The van der Waals surface area contributed by atoms with E-state index in [0.29, 0.717) is 0 Å². The average molecular weight is 259 g/mol. The Morgan fingerprint density at radius 2 is 2.32 bits per heavy atom. The Bertz CT molecular complexity index is 606. The van der Waals surface area contributed by atoms with E-state index < -0.39 is 0 Å². The number of nitrogens with zero attached hydrogens (tertiary/aromatic N) is 4. The van der Waals surface area contributed by atoms with Crippen LogP contribution in [-0.2, 0) is 4.74 Å². The summed E-state index contributed by atoms with van der Waals surface area (Å²) in [5, 5.41) is 7.95. The molecule has 2 aromatic heterocycles. The summed E-state index contributed by atoms with van der Waals surface area (Å²) in [5.41, 5.74) is 0.852. The van der Waals surface area contributed by atoms with Crippen LogP contribution in [0.2, 0.25) is 0 Å². The maximum Gasteiger partial charge on any atom is 0.160 e. The molecule has 1 aliphatic carbocycles. The molecule has 1 spiro atoms. The Hall–Kier alpha value is -1.69. The topological polar surface area (TPSA) is 66.9 Å². The van der Waals surface area contributed by atoms with Gasteiger partial charge in [0.1, 0.15) is 12.1 Å². The largest absolute Gasteiger partial charge is 0.368 e. The first-order valence-electron chi connectivity index (χ1n) is 6.83. The second kappa shape index (κ2) is 3.90. The zero-order chi connectivity index (χ0) is 12.9. The van der Waals surface area contributed by atoms with E-state index in [4.69, 9.17) is 4.74 Å². The van der Waals surface area contributed by atoms with E-state index >= 15 is 0 Å². The number of anilines is 1. The molecule has 2 aliphatic rings. The molecule has 2 fully saturated rings. The van der Waals surface area contributed by atoms with E-state index in [0.717, 1.165) is 42.8 Å². The Labute approximate surface area is 111 Å². The molecule has 2 aromatic rings. The van der Waals surface area contributed by atoms with Crippen LogP contribution in [0.3, 0.4) is 0 Å². The lowest BCUT2D eigenvalue weighted by atomic mass is 9.78. The van der Waals surface area contributed by atoms with E-state index in [1.165, 1.54) is 6.42 Å². The molecule has 1 aliphatic heterocycles. The van der Waals surface area contributed by atoms with Crippen molar-refractivity contribution >= 4 is 16.9 Å². The molecule has 19 heavy (non-hydrogen) atoms. The smallest absolute Gasteiger partial charge is 0.160 e. The molecule has 1 saturated carbocycles. The second-order valence-electron chi connectivity index (χ2n) is 5.68. The first-order valence-corrected chi connectivity index (χ1v) is 6.83. The average Bonchev–Trinajstić information content (AvgIpc) is 2.84. The van der Waals surface area contributed by atoms with Crippen molar-refractivity contribution in [1.29, 1.82) is 0 Å². The first kappa shape index (κ1) is 11.2. The van der Waals surface area contributed by atoms with Crippen molar-refractivity contribution in [2.45, 2.75) is 37.9 Å². The second-order valence-corrected chi connectivity index (χ2v) is 5.68. The molecule has 0 bridgehead atoms. The van der Waals surface area contributed by atoms with Crippen LogP contribution in [0, 0.1) is 0 Å². The molecule has 0 radical (unpaired) electrons. The van der Waals surface area contributed by atoms with E-state index in [1.54, 1.807) is 12.5 Å². The van der Waals surface area contributed by atoms with Crippen LogP contribution in [-0.4, -0.2) is 45.0 Å². The van der Waals surface area contributed by atoms with Gasteiger partial charge >= 0.3 is 0 Å². The van der Waals surface area contributed by atoms with Crippen LogP contribution < -0.4 is 4.90 Å². The van der Waals surface area contributed by atoms with Gasteiger partial charge in [-0.2, -0.15) is 5.10 Å². The van der Waals surface area contributed by atoms with Crippen LogP contribution in [0.1, 0.15) is 26.2 Å². The summed E-state index contributed by atoms with van der Waals surface area (Å²) < 4.78 is 6.15. The lowest BCUT2D eigenvalue weighted by molar-refractivity contribution is -0.142. The quantitative estimate of drug-likeness (QED) is 0.840. The Kier molecular flexibility index (Phi) is 2.29. The minimum atomic E-state index is 0.0542. The predicted molar refractivity (Wildman–Crippen MR) is 71.0 cm³/mol. The third-order valence-corrected chi connectivity index (χ3v) is 4.20. The molecule has 0 unspecified atom stereocenters. The molecule has 0 amide bonds. The number of morpholine rings is 1. The molecule has 6 heteroatoms. The number of aromatic nitrogens is 4. The van der Waals surface area contributed by atoms with Gasteiger partial charge < -0.3 is 9.64 Å². The highest BCUT2D eigenvalue weighted by Crippen LogP contribution is 2.41. The summed E-state index contributed by atoms with van der Waals surface area (Å²) in [6, 6.07) is 0. The summed E-state index contributed by atoms with van der Waals surface area (Å²) in [7, 11) is 0. The van der Waals surface area contributed by atoms with Crippen LogP contribution in [0.5, 0.6) is 0 Å². The number of fused-ring (bicyclic) bond motifs is 1. The number of hydrogen-bond donors (Lipinski definition) is 1. The Morgan fingerprint density at radius 1 is 1.42 bits per heavy atom. The third kappa shape index (κ3) is 1.70. The van der Waals surface area contributed by atoms with Gasteiger partial charge in [0.25, 0.3) is 0 Å². The summed E-state index contributed by atoms with van der Waals surface area (Å²) in [6.07, 6.45) is 7.24. The van der Waals surface area contributed by atoms with Crippen molar-refractivity contribution in [3.63, 3.8) is 0 Å². The van der Waals surface area contributed by atoms with Crippen molar-refractivity contribution in [2.24, 2.45) is 0 Å². The van der Waals surface area contributed by atoms with Crippen molar-refractivity contribution in [3.05, 3.63) is 12.5 Å². The fourth-order valence-corrected chi connectivity index (χ4v) is 3.24. The lowest BCUT2D eigenvalue weighted by Crippen LogP contribution is -2.58. The Balaban J connectivity index is 1.73. The molecule has 1 atom stereocenters. The lowest BCUT2D eigenvalue weighted by Gasteiger charge is -2.51. The minimum absolute atomic E-state index is 0.0542. The third-order valence-electron chi connectivity index (χ3n) is 4.20. The Morgan fingerprint density at radius 3 is 3.11 bits per heavy atom. The van der Waals surface area contributed by atoms with Gasteiger partial charge in [-0.05, 0) is 26.2 Å². The van der Waals surface area contributed by atoms with Crippen LogP contribution in [0.25, 0.3) is 11.0 Å². The van der Waals surface area contributed by atoms with Gasteiger partial charge in [0.05, 0.1) is 23.3 Å². The van der Waals surface area contributed by atoms with Gasteiger partial charge in [0.2, 0.25) is 0 Å². The van der Waals surface area contributed by atoms with Gasteiger partial charge in [0, 0.05) is 13.1 Å². The standard InChI is InChI=1S/C13H17N5O/c1-9-6-18(7-13(19-9)3-2-4-13)12-10-5-16-17-11(10)14-8-15-12/h5,8-9H,2-4,6-7H2,1H3,(H,14,15,16,17)/t9-/m0/s1. The maximum absolute atomic E-state index is 6.15. The number of aromatic amines is 1. The predicted octanol–water partition coefficient (Wildman–Crippen LogP) is 1.50. The van der Waals surface area contributed by atoms with Gasteiger partial charge in [0.15, 0.2) is 5.65 Å². The fraction of sp³-hybridized carbons (Fsp3) is 0.615. The monoisotopic (exact) mass is 259 g/mol.